The van der Waals surface area contributed by atoms with Gasteiger partial charge in [0.1, 0.15) is 6.04 Å². The maximum atomic E-state index is 11.5. The zero-order valence-electron chi connectivity index (χ0n) is 8.16. The van der Waals surface area contributed by atoms with Gasteiger partial charge in [-0.2, -0.15) is 0 Å². The molecule has 1 saturated heterocycles. The van der Waals surface area contributed by atoms with Crippen LogP contribution in [0.25, 0.3) is 0 Å². The number of amides is 1. The van der Waals surface area contributed by atoms with Crippen LogP contribution in [0.3, 0.4) is 0 Å². The number of alkyl halides is 1. The Morgan fingerprint density at radius 2 is 2.21 bits per heavy atom. The fourth-order valence-corrected chi connectivity index (χ4v) is 2.01. The average molecular weight is 264 g/mol. The van der Waals surface area contributed by atoms with Gasteiger partial charge in [-0.05, 0) is 19.3 Å². The summed E-state index contributed by atoms with van der Waals surface area (Å²) in [4.78, 5) is 24.4. The molecule has 0 aliphatic carbocycles. The number of methoxy groups -OCH3 is 1. The Hall–Kier alpha value is -0.580. The molecule has 80 valence electrons. The Balaban J connectivity index is 2.68. The van der Waals surface area contributed by atoms with Crippen LogP contribution in [0, 0.1) is 0 Å². The van der Waals surface area contributed by atoms with Crippen LogP contribution in [0.5, 0.6) is 0 Å². The van der Waals surface area contributed by atoms with Gasteiger partial charge >= 0.3 is 5.97 Å². The summed E-state index contributed by atoms with van der Waals surface area (Å²) in [6, 6.07) is -0.376. The first-order valence-electron chi connectivity index (χ1n) is 4.64. The molecular weight excluding hydrogens is 250 g/mol. The molecule has 1 atom stereocenters. The number of hydrogen-bond donors (Lipinski definition) is 0. The van der Waals surface area contributed by atoms with E-state index >= 15 is 0 Å². The molecule has 0 aromatic rings. The van der Waals surface area contributed by atoms with Gasteiger partial charge < -0.3 is 9.64 Å². The van der Waals surface area contributed by atoms with Crippen molar-refractivity contribution < 1.29 is 14.3 Å². The van der Waals surface area contributed by atoms with Crippen molar-refractivity contribution in [3.8, 4) is 0 Å². The lowest BCUT2D eigenvalue weighted by Gasteiger charge is -2.33. The molecule has 0 aromatic carbocycles. The van der Waals surface area contributed by atoms with Crippen molar-refractivity contribution in [2.45, 2.75) is 25.3 Å². The lowest BCUT2D eigenvalue weighted by molar-refractivity contribution is -0.153. The predicted molar refractivity (Wildman–Crippen MR) is 55.2 cm³/mol. The molecule has 0 aromatic heterocycles. The number of rotatable bonds is 2. The van der Waals surface area contributed by atoms with Crippen LogP contribution in [-0.4, -0.2) is 41.8 Å². The third-order valence-electron chi connectivity index (χ3n) is 2.41. The number of piperidine rings is 1. The number of nitrogens with zero attached hydrogens (tertiary/aromatic N) is 1. The topological polar surface area (TPSA) is 46.6 Å². The Labute approximate surface area is 91.7 Å². The minimum absolute atomic E-state index is 0.0416. The van der Waals surface area contributed by atoms with E-state index in [9.17, 15) is 9.59 Å². The first kappa shape index (κ1) is 11.5. The van der Waals surface area contributed by atoms with Crippen molar-refractivity contribution in [3.05, 3.63) is 0 Å². The van der Waals surface area contributed by atoms with E-state index in [4.69, 9.17) is 0 Å². The number of carbonyl (C=O) groups is 2. The van der Waals surface area contributed by atoms with Crippen molar-refractivity contribution in [1.29, 1.82) is 0 Å². The van der Waals surface area contributed by atoms with Crippen LogP contribution in [0.15, 0.2) is 0 Å². The molecule has 0 bridgehead atoms. The molecule has 1 aliphatic heterocycles. The number of hydrogen-bond acceptors (Lipinski definition) is 3. The largest absolute Gasteiger partial charge is 0.467 e. The Morgan fingerprint density at radius 3 is 2.79 bits per heavy atom. The Morgan fingerprint density at radius 1 is 1.50 bits per heavy atom. The molecule has 1 fully saturated rings. The first-order valence-corrected chi connectivity index (χ1v) is 5.76. The van der Waals surface area contributed by atoms with E-state index in [2.05, 4.69) is 20.7 Å². The van der Waals surface area contributed by atoms with Crippen LogP contribution in [-0.2, 0) is 14.3 Å². The van der Waals surface area contributed by atoms with Crippen molar-refractivity contribution in [2.24, 2.45) is 0 Å². The first-order chi connectivity index (χ1) is 6.70. The van der Waals surface area contributed by atoms with Crippen LogP contribution >= 0.6 is 15.9 Å². The number of likely N-dealkylation sites (tertiary alicyclic amines) is 1. The van der Waals surface area contributed by atoms with Crippen LogP contribution in [0.1, 0.15) is 19.3 Å². The van der Waals surface area contributed by atoms with Crippen LogP contribution in [0.2, 0.25) is 0 Å². The molecule has 0 saturated carbocycles. The van der Waals surface area contributed by atoms with Crippen molar-refractivity contribution in [2.75, 3.05) is 19.0 Å². The lowest BCUT2D eigenvalue weighted by atomic mass is 10.0. The summed E-state index contributed by atoms with van der Waals surface area (Å²) >= 11 is 3.11. The smallest absolute Gasteiger partial charge is 0.328 e. The van der Waals surface area contributed by atoms with Crippen molar-refractivity contribution in [3.63, 3.8) is 0 Å². The van der Waals surface area contributed by atoms with Gasteiger partial charge in [-0.25, -0.2) is 4.79 Å². The highest BCUT2D eigenvalue weighted by Crippen LogP contribution is 2.18. The standard InChI is InChI=1S/C9H14BrNO3/c1-14-9(13)7-4-2-3-5-11(7)8(12)6-10/h7H,2-6H2,1H3. The van der Waals surface area contributed by atoms with Gasteiger partial charge in [0.25, 0.3) is 0 Å². The summed E-state index contributed by atoms with van der Waals surface area (Å²) in [7, 11) is 1.35. The zero-order valence-corrected chi connectivity index (χ0v) is 9.75. The zero-order chi connectivity index (χ0) is 10.6. The maximum Gasteiger partial charge on any atom is 0.328 e. The predicted octanol–water partition coefficient (Wildman–Crippen LogP) is 0.935. The number of carbonyl (C=O) groups excluding carboxylic acids is 2. The third-order valence-corrected chi connectivity index (χ3v) is 2.89. The summed E-state index contributed by atoms with van der Waals surface area (Å²) in [6.07, 6.45) is 2.66. The summed E-state index contributed by atoms with van der Waals surface area (Å²) in [5, 5.41) is 0.264. The van der Waals surface area contributed by atoms with E-state index in [1.54, 1.807) is 4.90 Å². The van der Waals surface area contributed by atoms with Gasteiger partial charge in [0.05, 0.1) is 12.4 Å². The fraction of sp³-hybridized carbons (Fsp3) is 0.778. The summed E-state index contributed by atoms with van der Waals surface area (Å²) in [5.41, 5.74) is 0. The normalized spacial score (nSPS) is 21.9. The van der Waals surface area contributed by atoms with Gasteiger partial charge in [-0.1, -0.05) is 15.9 Å². The molecular formula is C9H14BrNO3. The molecule has 4 nitrogen and oxygen atoms in total. The minimum Gasteiger partial charge on any atom is -0.467 e. The quantitative estimate of drug-likeness (QED) is 0.550. The van der Waals surface area contributed by atoms with E-state index in [0.29, 0.717) is 13.0 Å². The minimum atomic E-state index is -0.376. The van der Waals surface area contributed by atoms with E-state index in [1.807, 2.05) is 0 Å². The third kappa shape index (κ3) is 2.47. The molecule has 1 rings (SSSR count). The molecule has 0 N–H and O–H groups in total. The molecule has 0 radical (unpaired) electrons. The Bertz CT molecular complexity index is 208. The molecule has 14 heavy (non-hydrogen) atoms. The second-order valence-corrected chi connectivity index (χ2v) is 3.82. The van der Waals surface area contributed by atoms with Crippen LogP contribution < -0.4 is 0 Å². The lowest BCUT2D eigenvalue weighted by Crippen LogP contribution is -2.48. The van der Waals surface area contributed by atoms with Gasteiger partial charge in [-0.3, -0.25) is 4.79 Å². The Kier molecular flexibility index (Phi) is 4.38. The van der Waals surface area contributed by atoms with Crippen LogP contribution in [0.4, 0.5) is 0 Å². The molecule has 1 unspecified atom stereocenters. The SMILES string of the molecule is COC(=O)C1CCCCN1C(=O)CBr. The molecule has 1 aliphatic rings. The summed E-state index contributed by atoms with van der Waals surface area (Å²) < 4.78 is 4.67. The summed E-state index contributed by atoms with van der Waals surface area (Å²) in [5.74, 6) is -0.348. The van der Waals surface area contributed by atoms with Crippen molar-refractivity contribution >= 4 is 27.8 Å². The second-order valence-electron chi connectivity index (χ2n) is 3.26. The second kappa shape index (κ2) is 5.34. The van der Waals surface area contributed by atoms with Crippen molar-refractivity contribution in [1.82, 2.24) is 4.90 Å². The van der Waals surface area contributed by atoms with Gasteiger partial charge in [0.15, 0.2) is 0 Å². The van der Waals surface area contributed by atoms with E-state index < -0.39 is 0 Å². The summed E-state index contributed by atoms with van der Waals surface area (Å²) in [6.45, 7) is 0.657. The number of ether oxygens (including phenoxy) is 1. The van der Waals surface area contributed by atoms with E-state index in [0.717, 1.165) is 12.8 Å². The molecule has 1 amide bonds. The highest BCUT2D eigenvalue weighted by atomic mass is 79.9. The van der Waals surface area contributed by atoms with E-state index in [1.165, 1.54) is 7.11 Å². The molecule has 5 heteroatoms. The van der Waals surface area contributed by atoms with E-state index in [-0.39, 0.29) is 23.2 Å². The van der Waals surface area contributed by atoms with Gasteiger partial charge in [0.2, 0.25) is 5.91 Å². The highest BCUT2D eigenvalue weighted by Gasteiger charge is 2.31. The molecule has 0 spiro atoms. The number of halogens is 1. The highest BCUT2D eigenvalue weighted by molar-refractivity contribution is 9.09. The average Bonchev–Trinajstić information content (AvgIpc) is 2.27. The maximum absolute atomic E-state index is 11.5. The van der Waals surface area contributed by atoms with Gasteiger partial charge in [-0.15, -0.1) is 0 Å². The van der Waals surface area contributed by atoms with Gasteiger partial charge in [0, 0.05) is 6.54 Å². The number of esters is 1. The molecule has 1 heterocycles. The fourth-order valence-electron chi connectivity index (χ4n) is 1.69. The monoisotopic (exact) mass is 263 g/mol.